The SMILES string of the molecule is CCOc1cccc(C(NC)c2ccncc2Cl)c1. The molecule has 0 fully saturated rings. The summed E-state index contributed by atoms with van der Waals surface area (Å²) in [5.41, 5.74) is 2.12. The molecule has 0 saturated heterocycles. The van der Waals surface area contributed by atoms with Crippen molar-refractivity contribution in [1.82, 2.24) is 10.3 Å². The van der Waals surface area contributed by atoms with Crippen LogP contribution in [-0.2, 0) is 0 Å². The van der Waals surface area contributed by atoms with Gasteiger partial charge in [0.25, 0.3) is 0 Å². The minimum Gasteiger partial charge on any atom is -0.494 e. The average Bonchev–Trinajstić information content (AvgIpc) is 2.43. The Balaban J connectivity index is 2.37. The number of pyridine rings is 1. The van der Waals surface area contributed by atoms with Crippen LogP contribution in [0.5, 0.6) is 5.75 Å². The number of hydrogen-bond donors (Lipinski definition) is 1. The highest BCUT2D eigenvalue weighted by Gasteiger charge is 2.15. The van der Waals surface area contributed by atoms with Crippen molar-refractivity contribution in [2.75, 3.05) is 13.7 Å². The quantitative estimate of drug-likeness (QED) is 0.908. The molecule has 0 aliphatic carbocycles. The molecule has 0 saturated carbocycles. The van der Waals surface area contributed by atoms with Crippen LogP contribution in [0.1, 0.15) is 24.1 Å². The molecule has 0 amide bonds. The van der Waals surface area contributed by atoms with Crippen LogP contribution in [0.2, 0.25) is 5.02 Å². The van der Waals surface area contributed by atoms with Gasteiger partial charge >= 0.3 is 0 Å². The second-order valence-electron chi connectivity index (χ2n) is 4.12. The van der Waals surface area contributed by atoms with E-state index in [0.717, 1.165) is 16.9 Å². The molecule has 3 nitrogen and oxygen atoms in total. The fraction of sp³-hybridized carbons (Fsp3) is 0.267. The van der Waals surface area contributed by atoms with Gasteiger partial charge in [-0.05, 0) is 43.3 Å². The molecule has 1 aromatic heterocycles. The van der Waals surface area contributed by atoms with E-state index in [0.29, 0.717) is 11.6 Å². The Labute approximate surface area is 118 Å². The molecule has 4 heteroatoms. The van der Waals surface area contributed by atoms with Crippen LogP contribution in [0.3, 0.4) is 0 Å². The normalized spacial score (nSPS) is 12.2. The molecular weight excluding hydrogens is 260 g/mol. The van der Waals surface area contributed by atoms with Crippen LogP contribution in [0.4, 0.5) is 0 Å². The number of rotatable bonds is 5. The maximum absolute atomic E-state index is 6.21. The van der Waals surface area contributed by atoms with Crippen LogP contribution in [0.15, 0.2) is 42.7 Å². The van der Waals surface area contributed by atoms with Gasteiger partial charge in [-0.3, -0.25) is 4.98 Å². The van der Waals surface area contributed by atoms with E-state index in [4.69, 9.17) is 16.3 Å². The van der Waals surface area contributed by atoms with Crippen molar-refractivity contribution < 1.29 is 4.74 Å². The molecule has 19 heavy (non-hydrogen) atoms. The maximum Gasteiger partial charge on any atom is 0.119 e. The van der Waals surface area contributed by atoms with Crippen LogP contribution in [0, 0.1) is 0 Å². The molecular formula is C15H17ClN2O. The summed E-state index contributed by atoms with van der Waals surface area (Å²) in [4.78, 5) is 4.02. The number of nitrogens with one attached hydrogen (secondary N) is 1. The van der Waals surface area contributed by atoms with Crippen molar-refractivity contribution >= 4 is 11.6 Å². The Hall–Kier alpha value is -1.58. The molecule has 0 spiro atoms. The lowest BCUT2D eigenvalue weighted by Gasteiger charge is -2.19. The van der Waals surface area contributed by atoms with E-state index in [9.17, 15) is 0 Å². The predicted octanol–water partition coefficient (Wildman–Crippen LogP) is 3.44. The first-order chi connectivity index (χ1) is 9.26. The van der Waals surface area contributed by atoms with Crippen molar-refractivity contribution in [2.45, 2.75) is 13.0 Å². The second kappa shape index (κ2) is 6.55. The third-order valence-electron chi connectivity index (χ3n) is 2.91. The Morgan fingerprint density at radius 3 is 2.89 bits per heavy atom. The molecule has 1 atom stereocenters. The molecule has 2 aromatic rings. The van der Waals surface area contributed by atoms with Crippen LogP contribution < -0.4 is 10.1 Å². The predicted molar refractivity (Wildman–Crippen MR) is 77.8 cm³/mol. The van der Waals surface area contributed by atoms with Gasteiger partial charge in [-0.1, -0.05) is 23.7 Å². The van der Waals surface area contributed by atoms with Gasteiger partial charge in [0.1, 0.15) is 5.75 Å². The molecule has 2 rings (SSSR count). The van der Waals surface area contributed by atoms with Crippen LogP contribution in [-0.4, -0.2) is 18.6 Å². The highest BCUT2D eigenvalue weighted by molar-refractivity contribution is 6.31. The summed E-state index contributed by atoms with van der Waals surface area (Å²) in [6.07, 6.45) is 3.41. The lowest BCUT2D eigenvalue weighted by atomic mass is 9.99. The second-order valence-corrected chi connectivity index (χ2v) is 4.53. The molecule has 1 aromatic carbocycles. The number of halogens is 1. The molecule has 1 heterocycles. The number of hydrogen-bond acceptors (Lipinski definition) is 3. The Morgan fingerprint density at radius 2 is 2.21 bits per heavy atom. The van der Waals surface area contributed by atoms with Gasteiger partial charge in [-0.25, -0.2) is 0 Å². The zero-order valence-corrected chi connectivity index (χ0v) is 11.8. The maximum atomic E-state index is 6.21. The first-order valence-corrected chi connectivity index (χ1v) is 6.63. The third-order valence-corrected chi connectivity index (χ3v) is 3.22. The summed E-state index contributed by atoms with van der Waals surface area (Å²) in [5, 5.41) is 3.93. The summed E-state index contributed by atoms with van der Waals surface area (Å²) >= 11 is 6.21. The number of benzene rings is 1. The number of aromatic nitrogens is 1. The summed E-state index contributed by atoms with van der Waals surface area (Å²) in [7, 11) is 1.91. The largest absolute Gasteiger partial charge is 0.494 e. The van der Waals surface area contributed by atoms with Crippen molar-refractivity contribution in [3.63, 3.8) is 0 Å². The molecule has 0 aliphatic rings. The van der Waals surface area contributed by atoms with E-state index in [-0.39, 0.29) is 6.04 Å². The first-order valence-electron chi connectivity index (χ1n) is 6.25. The topological polar surface area (TPSA) is 34.1 Å². The van der Waals surface area contributed by atoms with Gasteiger partial charge in [0, 0.05) is 12.4 Å². The highest BCUT2D eigenvalue weighted by atomic mass is 35.5. The molecule has 0 radical (unpaired) electrons. The zero-order chi connectivity index (χ0) is 13.7. The van der Waals surface area contributed by atoms with E-state index in [1.807, 2.05) is 38.2 Å². The third kappa shape index (κ3) is 3.25. The van der Waals surface area contributed by atoms with E-state index >= 15 is 0 Å². The summed E-state index contributed by atoms with van der Waals surface area (Å²) in [5.74, 6) is 0.866. The lowest BCUT2D eigenvalue weighted by molar-refractivity contribution is 0.339. The standard InChI is InChI=1S/C15H17ClN2O/c1-3-19-12-6-4-5-11(9-12)15(17-2)13-7-8-18-10-14(13)16/h4-10,15,17H,3H2,1-2H3. The van der Waals surface area contributed by atoms with Crippen molar-refractivity contribution in [2.24, 2.45) is 0 Å². The van der Waals surface area contributed by atoms with Crippen molar-refractivity contribution in [3.8, 4) is 5.75 Å². The van der Waals surface area contributed by atoms with Crippen molar-refractivity contribution in [1.29, 1.82) is 0 Å². The van der Waals surface area contributed by atoms with Gasteiger partial charge in [0.15, 0.2) is 0 Å². The van der Waals surface area contributed by atoms with Crippen molar-refractivity contribution in [3.05, 3.63) is 58.9 Å². The highest BCUT2D eigenvalue weighted by Crippen LogP contribution is 2.29. The Morgan fingerprint density at radius 1 is 1.37 bits per heavy atom. The van der Waals surface area contributed by atoms with Gasteiger partial charge < -0.3 is 10.1 Å². The molecule has 0 bridgehead atoms. The fourth-order valence-corrected chi connectivity index (χ4v) is 2.30. The fourth-order valence-electron chi connectivity index (χ4n) is 2.07. The minimum absolute atomic E-state index is 0.0240. The van der Waals surface area contributed by atoms with Gasteiger partial charge in [0.05, 0.1) is 17.7 Å². The molecule has 1 N–H and O–H groups in total. The van der Waals surface area contributed by atoms with E-state index < -0.39 is 0 Å². The molecule has 0 aliphatic heterocycles. The van der Waals surface area contributed by atoms with Crippen LogP contribution in [0.25, 0.3) is 0 Å². The lowest BCUT2D eigenvalue weighted by Crippen LogP contribution is -2.18. The summed E-state index contributed by atoms with van der Waals surface area (Å²) in [6, 6.07) is 9.97. The van der Waals surface area contributed by atoms with Gasteiger partial charge in [-0.2, -0.15) is 0 Å². The molecule has 1 unspecified atom stereocenters. The number of ether oxygens (including phenoxy) is 1. The Kier molecular flexibility index (Phi) is 4.77. The minimum atomic E-state index is 0.0240. The summed E-state index contributed by atoms with van der Waals surface area (Å²) < 4.78 is 5.53. The van der Waals surface area contributed by atoms with E-state index in [2.05, 4.69) is 16.4 Å². The average molecular weight is 277 g/mol. The van der Waals surface area contributed by atoms with Gasteiger partial charge in [-0.15, -0.1) is 0 Å². The Bertz CT molecular complexity index is 545. The van der Waals surface area contributed by atoms with E-state index in [1.165, 1.54) is 0 Å². The monoisotopic (exact) mass is 276 g/mol. The van der Waals surface area contributed by atoms with E-state index in [1.54, 1.807) is 12.4 Å². The first kappa shape index (κ1) is 13.8. The molecule has 100 valence electrons. The van der Waals surface area contributed by atoms with Crippen LogP contribution >= 0.6 is 11.6 Å². The number of nitrogens with zero attached hydrogens (tertiary/aromatic N) is 1. The zero-order valence-electron chi connectivity index (χ0n) is 11.1. The van der Waals surface area contributed by atoms with Gasteiger partial charge in [0.2, 0.25) is 0 Å². The smallest absolute Gasteiger partial charge is 0.119 e. The summed E-state index contributed by atoms with van der Waals surface area (Å²) in [6.45, 7) is 2.63.